The lowest BCUT2D eigenvalue weighted by atomic mass is 9.98. The van der Waals surface area contributed by atoms with Gasteiger partial charge in [-0.05, 0) is 17.9 Å². The van der Waals surface area contributed by atoms with Crippen LogP contribution in [0.15, 0.2) is 35.3 Å². The Balaban J connectivity index is 2.34. The molecule has 0 bridgehead atoms. The van der Waals surface area contributed by atoms with Gasteiger partial charge in [-0.3, -0.25) is 10.4 Å². The molecule has 1 aromatic carbocycles. The molecule has 0 aliphatic carbocycles. The number of ether oxygens (including phenoxy) is 1. The van der Waals surface area contributed by atoms with Crippen molar-refractivity contribution in [3.63, 3.8) is 0 Å². The van der Waals surface area contributed by atoms with Crippen molar-refractivity contribution >= 4 is 5.96 Å². The van der Waals surface area contributed by atoms with E-state index in [0.29, 0.717) is 25.0 Å². The van der Waals surface area contributed by atoms with E-state index in [1.165, 1.54) is 5.56 Å². The minimum absolute atomic E-state index is 0.489. The lowest BCUT2D eigenvalue weighted by molar-refractivity contribution is 0.203. The molecule has 4 N–H and O–H groups in total. The van der Waals surface area contributed by atoms with Crippen molar-refractivity contribution in [3.05, 3.63) is 35.9 Å². The second kappa shape index (κ2) is 9.35. The molecule has 0 radical (unpaired) electrons. The first-order chi connectivity index (χ1) is 9.27. The van der Waals surface area contributed by atoms with Gasteiger partial charge >= 0.3 is 0 Å². The number of guanidine groups is 1. The van der Waals surface area contributed by atoms with Crippen LogP contribution in [-0.2, 0) is 4.74 Å². The van der Waals surface area contributed by atoms with Gasteiger partial charge in [0.1, 0.15) is 0 Å². The Labute approximate surface area is 115 Å². The fourth-order valence-corrected chi connectivity index (χ4v) is 1.74. The van der Waals surface area contributed by atoms with E-state index in [2.05, 4.69) is 46.9 Å². The average Bonchev–Trinajstić information content (AvgIpc) is 2.46. The summed E-state index contributed by atoms with van der Waals surface area (Å²) < 4.78 is 4.95. The molecule has 1 unspecified atom stereocenters. The third-order valence-electron chi connectivity index (χ3n) is 2.94. The first kappa shape index (κ1) is 15.5. The molecule has 0 amide bonds. The maximum absolute atomic E-state index is 5.40. The number of nitrogens with two attached hydrogens (primary N) is 1. The van der Waals surface area contributed by atoms with Gasteiger partial charge in [0, 0.05) is 20.2 Å². The number of nitrogens with one attached hydrogen (secondary N) is 2. The molecule has 0 aliphatic rings. The first-order valence-corrected chi connectivity index (χ1v) is 6.56. The highest BCUT2D eigenvalue weighted by atomic mass is 16.5. The van der Waals surface area contributed by atoms with Gasteiger partial charge in [0.25, 0.3) is 0 Å². The van der Waals surface area contributed by atoms with Crippen LogP contribution >= 0.6 is 0 Å². The van der Waals surface area contributed by atoms with E-state index in [0.717, 1.165) is 13.0 Å². The van der Waals surface area contributed by atoms with Crippen molar-refractivity contribution in [2.75, 3.05) is 26.8 Å². The highest BCUT2D eigenvalue weighted by molar-refractivity contribution is 5.79. The predicted octanol–water partition coefficient (Wildman–Crippen LogP) is 1.24. The molecule has 0 saturated carbocycles. The van der Waals surface area contributed by atoms with Crippen LogP contribution in [0.4, 0.5) is 0 Å². The van der Waals surface area contributed by atoms with Crippen molar-refractivity contribution < 1.29 is 4.74 Å². The molecule has 0 saturated heterocycles. The quantitative estimate of drug-likeness (QED) is 0.228. The van der Waals surface area contributed by atoms with E-state index in [1.807, 2.05) is 6.07 Å². The van der Waals surface area contributed by atoms with Gasteiger partial charge in [0.05, 0.1) is 6.61 Å². The summed E-state index contributed by atoms with van der Waals surface area (Å²) in [6.45, 7) is 4.25. The van der Waals surface area contributed by atoms with Crippen molar-refractivity contribution in [2.45, 2.75) is 19.3 Å². The molecule has 19 heavy (non-hydrogen) atoms. The first-order valence-electron chi connectivity index (χ1n) is 6.56. The molecule has 1 aromatic rings. The molecule has 0 spiro atoms. The van der Waals surface area contributed by atoms with E-state index < -0.39 is 0 Å². The van der Waals surface area contributed by atoms with Crippen molar-refractivity contribution in [1.82, 2.24) is 10.7 Å². The molecule has 106 valence electrons. The topological polar surface area (TPSA) is 71.7 Å². The van der Waals surface area contributed by atoms with Gasteiger partial charge in [-0.15, -0.1) is 0 Å². The van der Waals surface area contributed by atoms with Crippen molar-refractivity contribution in [2.24, 2.45) is 10.8 Å². The van der Waals surface area contributed by atoms with Gasteiger partial charge in [-0.25, -0.2) is 5.84 Å². The highest BCUT2D eigenvalue weighted by Gasteiger charge is 2.04. The van der Waals surface area contributed by atoms with Gasteiger partial charge in [0.15, 0.2) is 0 Å². The third-order valence-corrected chi connectivity index (χ3v) is 2.94. The summed E-state index contributed by atoms with van der Waals surface area (Å²) >= 11 is 0. The molecule has 1 atom stereocenters. The number of nitrogens with zero attached hydrogens (tertiary/aromatic N) is 1. The van der Waals surface area contributed by atoms with E-state index in [4.69, 9.17) is 10.6 Å². The molecule has 0 heterocycles. The maximum atomic E-state index is 5.40. The minimum atomic E-state index is 0.489. The summed E-state index contributed by atoms with van der Waals surface area (Å²) in [5.41, 5.74) is 3.90. The lowest BCUT2D eigenvalue weighted by Crippen LogP contribution is -2.42. The number of hydrogen-bond donors (Lipinski definition) is 3. The monoisotopic (exact) mass is 264 g/mol. The number of hydrogen-bond acceptors (Lipinski definition) is 3. The van der Waals surface area contributed by atoms with Crippen molar-refractivity contribution in [3.8, 4) is 0 Å². The van der Waals surface area contributed by atoms with Crippen molar-refractivity contribution in [1.29, 1.82) is 0 Å². The fourth-order valence-electron chi connectivity index (χ4n) is 1.74. The zero-order valence-corrected chi connectivity index (χ0v) is 11.7. The molecule has 0 aromatic heterocycles. The Hall–Kier alpha value is -1.59. The second-order valence-corrected chi connectivity index (χ2v) is 4.39. The van der Waals surface area contributed by atoms with E-state index >= 15 is 0 Å². The lowest BCUT2D eigenvalue weighted by Gasteiger charge is -2.11. The Morgan fingerprint density at radius 3 is 2.74 bits per heavy atom. The second-order valence-electron chi connectivity index (χ2n) is 4.39. The van der Waals surface area contributed by atoms with Crippen LogP contribution < -0.4 is 16.6 Å². The number of benzene rings is 1. The molecular weight excluding hydrogens is 240 g/mol. The van der Waals surface area contributed by atoms with Gasteiger partial charge < -0.3 is 10.1 Å². The Morgan fingerprint density at radius 1 is 1.37 bits per heavy atom. The number of rotatable bonds is 7. The molecule has 5 heteroatoms. The van der Waals surface area contributed by atoms with Crippen LogP contribution in [0.25, 0.3) is 0 Å². The molecule has 0 aliphatic heterocycles. The zero-order valence-electron chi connectivity index (χ0n) is 11.7. The summed E-state index contributed by atoms with van der Waals surface area (Å²) in [5, 5.41) is 3.07. The Morgan fingerprint density at radius 2 is 2.11 bits per heavy atom. The molecule has 5 nitrogen and oxygen atoms in total. The van der Waals surface area contributed by atoms with Crippen LogP contribution in [0.5, 0.6) is 0 Å². The summed E-state index contributed by atoms with van der Waals surface area (Å²) in [5.74, 6) is 6.50. The van der Waals surface area contributed by atoms with Crippen LogP contribution in [0, 0.1) is 0 Å². The van der Waals surface area contributed by atoms with Gasteiger partial charge in [-0.1, -0.05) is 37.3 Å². The summed E-state index contributed by atoms with van der Waals surface area (Å²) in [4.78, 5) is 4.39. The molecule has 0 fully saturated rings. The van der Waals surface area contributed by atoms with Crippen LogP contribution in [0.3, 0.4) is 0 Å². The highest BCUT2D eigenvalue weighted by Crippen LogP contribution is 2.17. The SMILES string of the molecule is COCCNC(=NCCC(C)c1ccccc1)NN. The van der Waals surface area contributed by atoms with Gasteiger partial charge in [-0.2, -0.15) is 0 Å². The van der Waals surface area contributed by atoms with E-state index in [9.17, 15) is 0 Å². The minimum Gasteiger partial charge on any atom is -0.383 e. The number of aliphatic imine (C=N–C) groups is 1. The zero-order chi connectivity index (χ0) is 13.9. The smallest absolute Gasteiger partial charge is 0.205 e. The maximum Gasteiger partial charge on any atom is 0.205 e. The number of methoxy groups -OCH3 is 1. The molecule has 1 rings (SSSR count). The van der Waals surface area contributed by atoms with E-state index in [-0.39, 0.29) is 0 Å². The predicted molar refractivity (Wildman–Crippen MR) is 79.0 cm³/mol. The summed E-state index contributed by atoms with van der Waals surface area (Å²) in [6, 6.07) is 10.5. The standard InChI is InChI=1S/C14H24N4O/c1-12(13-6-4-3-5-7-13)8-9-16-14(18-15)17-10-11-19-2/h3-7,12H,8-11,15H2,1-2H3,(H2,16,17,18). The fraction of sp³-hybridized carbons (Fsp3) is 0.500. The van der Waals surface area contributed by atoms with E-state index in [1.54, 1.807) is 7.11 Å². The Kier molecular flexibility index (Phi) is 7.62. The summed E-state index contributed by atoms with van der Waals surface area (Å²) in [6.07, 6.45) is 0.987. The number of hydrazine groups is 1. The Bertz CT molecular complexity index is 367. The third kappa shape index (κ3) is 6.22. The largest absolute Gasteiger partial charge is 0.383 e. The average molecular weight is 264 g/mol. The van der Waals surface area contributed by atoms with Gasteiger partial charge in [0.2, 0.25) is 5.96 Å². The van der Waals surface area contributed by atoms with Crippen LogP contribution in [0.1, 0.15) is 24.8 Å². The van der Waals surface area contributed by atoms with Crippen LogP contribution in [0.2, 0.25) is 0 Å². The van der Waals surface area contributed by atoms with Crippen LogP contribution in [-0.4, -0.2) is 32.8 Å². The molecular formula is C14H24N4O. The summed E-state index contributed by atoms with van der Waals surface area (Å²) in [7, 11) is 1.66. The normalized spacial score (nSPS) is 13.1.